The molecular formula is C24H25N5O4. The molecule has 1 saturated heterocycles. The molecule has 1 atom stereocenters. The average Bonchev–Trinajstić information content (AvgIpc) is 3.48. The second-order valence-electron chi connectivity index (χ2n) is 8.14. The highest BCUT2D eigenvalue weighted by molar-refractivity contribution is 5.92. The Balaban J connectivity index is 1.42. The van der Waals surface area contributed by atoms with Gasteiger partial charge in [-0.2, -0.15) is 5.10 Å². The second kappa shape index (κ2) is 8.57. The van der Waals surface area contributed by atoms with E-state index in [0.29, 0.717) is 36.0 Å². The minimum atomic E-state index is -0.118. The summed E-state index contributed by atoms with van der Waals surface area (Å²) in [6.07, 6.45) is 3.75. The Kier molecular flexibility index (Phi) is 5.45. The number of amides is 1. The normalized spacial score (nSPS) is 16.2. The lowest BCUT2D eigenvalue weighted by Gasteiger charge is -2.30. The number of carbonyl (C=O) groups excluding carboxylic acids is 1. The minimum absolute atomic E-state index is 0.0606. The maximum atomic E-state index is 12.8. The van der Waals surface area contributed by atoms with Crippen molar-refractivity contribution in [1.29, 1.82) is 0 Å². The van der Waals surface area contributed by atoms with Crippen LogP contribution in [0.4, 0.5) is 0 Å². The molecule has 4 heterocycles. The summed E-state index contributed by atoms with van der Waals surface area (Å²) in [4.78, 5) is 19.4. The number of likely N-dealkylation sites (tertiary alicyclic amines) is 1. The molecule has 9 heteroatoms. The van der Waals surface area contributed by atoms with Gasteiger partial charge in [-0.3, -0.25) is 4.79 Å². The molecule has 0 saturated carbocycles. The van der Waals surface area contributed by atoms with Crippen LogP contribution >= 0.6 is 0 Å². The van der Waals surface area contributed by atoms with Crippen LogP contribution in [-0.4, -0.2) is 57.9 Å². The van der Waals surface area contributed by atoms with Crippen molar-refractivity contribution in [3.05, 3.63) is 59.9 Å². The van der Waals surface area contributed by atoms with Gasteiger partial charge in [0, 0.05) is 42.4 Å². The van der Waals surface area contributed by atoms with Gasteiger partial charge in [0.1, 0.15) is 5.76 Å². The number of hydrogen-bond acceptors (Lipinski definition) is 7. The maximum absolute atomic E-state index is 12.8. The smallest absolute Gasteiger partial charge is 0.276 e. The Labute approximate surface area is 190 Å². The van der Waals surface area contributed by atoms with E-state index < -0.39 is 0 Å². The van der Waals surface area contributed by atoms with E-state index in [1.807, 2.05) is 41.4 Å². The van der Waals surface area contributed by atoms with Crippen LogP contribution in [0.5, 0.6) is 11.5 Å². The van der Waals surface area contributed by atoms with Crippen molar-refractivity contribution < 1.29 is 18.8 Å². The molecule has 0 radical (unpaired) electrons. The first-order valence-corrected chi connectivity index (χ1v) is 10.9. The van der Waals surface area contributed by atoms with Crippen LogP contribution in [0.15, 0.2) is 47.1 Å². The number of aryl methyl sites for hydroxylation is 1. The van der Waals surface area contributed by atoms with Crippen LogP contribution in [0, 0.1) is 6.92 Å². The fourth-order valence-corrected chi connectivity index (χ4v) is 4.35. The fourth-order valence-electron chi connectivity index (χ4n) is 4.35. The summed E-state index contributed by atoms with van der Waals surface area (Å²) in [6.45, 7) is 3.02. The molecule has 9 nitrogen and oxygen atoms in total. The number of pyridine rings is 1. The molecule has 0 N–H and O–H groups in total. The van der Waals surface area contributed by atoms with E-state index in [2.05, 4.69) is 5.16 Å². The number of fused-ring (bicyclic) bond motifs is 1. The lowest BCUT2D eigenvalue weighted by atomic mass is 9.97. The van der Waals surface area contributed by atoms with Crippen LogP contribution in [0.2, 0.25) is 0 Å². The van der Waals surface area contributed by atoms with Gasteiger partial charge in [-0.25, -0.2) is 9.50 Å². The van der Waals surface area contributed by atoms with Crippen LogP contribution in [0.3, 0.4) is 0 Å². The van der Waals surface area contributed by atoms with Crippen molar-refractivity contribution in [2.75, 3.05) is 27.3 Å². The zero-order valence-corrected chi connectivity index (χ0v) is 18.8. The summed E-state index contributed by atoms with van der Waals surface area (Å²) in [5, 5.41) is 8.62. The number of rotatable bonds is 5. The zero-order chi connectivity index (χ0) is 22.9. The van der Waals surface area contributed by atoms with Gasteiger partial charge in [-0.15, -0.1) is 0 Å². The number of nitrogens with zero attached hydrogens (tertiary/aromatic N) is 5. The predicted octanol–water partition coefficient (Wildman–Crippen LogP) is 3.73. The van der Waals surface area contributed by atoms with E-state index in [0.717, 1.165) is 35.4 Å². The minimum Gasteiger partial charge on any atom is -0.493 e. The number of benzene rings is 1. The Morgan fingerprint density at radius 3 is 2.82 bits per heavy atom. The number of aromatic nitrogens is 4. The van der Waals surface area contributed by atoms with E-state index >= 15 is 0 Å². The molecule has 33 heavy (non-hydrogen) atoms. The van der Waals surface area contributed by atoms with Gasteiger partial charge in [0.2, 0.25) is 0 Å². The summed E-state index contributed by atoms with van der Waals surface area (Å²) in [6, 6.07) is 11.4. The number of piperidine rings is 1. The first-order valence-electron chi connectivity index (χ1n) is 10.9. The van der Waals surface area contributed by atoms with Crippen molar-refractivity contribution in [3.63, 3.8) is 0 Å². The lowest BCUT2D eigenvalue weighted by Crippen LogP contribution is -2.39. The number of methoxy groups -OCH3 is 2. The molecule has 0 bridgehead atoms. The SMILES string of the molecule is COc1cccc(-c2ccc3nc([C@@H]4CCCN(C(=O)c5cc(C)on5)C4)nn3c2)c1OC. The predicted molar refractivity (Wildman–Crippen MR) is 121 cm³/mol. The molecule has 170 valence electrons. The van der Waals surface area contributed by atoms with Gasteiger partial charge in [-0.1, -0.05) is 17.3 Å². The first kappa shape index (κ1) is 21.0. The van der Waals surface area contributed by atoms with Gasteiger partial charge in [-0.05, 0) is 38.0 Å². The Morgan fingerprint density at radius 1 is 1.18 bits per heavy atom. The number of ether oxygens (including phenoxy) is 2. The first-order chi connectivity index (χ1) is 16.1. The topological polar surface area (TPSA) is 95.0 Å². The van der Waals surface area contributed by atoms with E-state index in [9.17, 15) is 4.79 Å². The van der Waals surface area contributed by atoms with Crippen molar-refractivity contribution in [2.24, 2.45) is 0 Å². The number of para-hydroxylation sites is 1. The van der Waals surface area contributed by atoms with Crippen molar-refractivity contribution >= 4 is 11.6 Å². The highest BCUT2D eigenvalue weighted by atomic mass is 16.5. The van der Waals surface area contributed by atoms with Gasteiger partial charge in [0.25, 0.3) is 5.91 Å². The molecule has 5 rings (SSSR count). The zero-order valence-electron chi connectivity index (χ0n) is 18.8. The molecule has 3 aromatic heterocycles. The summed E-state index contributed by atoms with van der Waals surface area (Å²) in [7, 11) is 3.25. The van der Waals surface area contributed by atoms with Gasteiger partial charge in [0.15, 0.2) is 28.7 Å². The third-order valence-electron chi connectivity index (χ3n) is 5.98. The van der Waals surface area contributed by atoms with Crippen molar-refractivity contribution in [2.45, 2.75) is 25.7 Å². The third-order valence-corrected chi connectivity index (χ3v) is 5.98. The van der Waals surface area contributed by atoms with Crippen molar-refractivity contribution in [1.82, 2.24) is 24.7 Å². The Morgan fingerprint density at radius 2 is 2.06 bits per heavy atom. The van der Waals surface area contributed by atoms with Crippen LogP contribution in [0.1, 0.15) is 40.8 Å². The van der Waals surface area contributed by atoms with Crippen LogP contribution < -0.4 is 9.47 Å². The van der Waals surface area contributed by atoms with Crippen LogP contribution in [-0.2, 0) is 0 Å². The Bertz CT molecular complexity index is 1310. The standard InChI is InChI=1S/C24H25N5O4/c1-15-12-19(27-33-15)24(30)28-11-5-6-17(13-28)23-25-21-10-9-16(14-29(21)26-23)18-7-4-8-20(31-2)22(18)32-3/h4,7-10,12,14,17H,5-6,11,13H2,1-3H3/t17-/m1/s1. The molecule has 1 amide bonds. The number of carbonyl (C=O) groups is 1. The lowest BCUT2D eigenvalue weighted by molar-refractivity contribution is 0.0694. The third kappa shape index (κ3) is 3.90. The second-order valence-corrected chi connectivity index (χ2v) is 8.14. The molecule has 4 aromatic rings. The summed E-state index contributed by atoms with van der Waals surface area (Å²) < 4.78 is 17.9. The maximum Gasteiger partial charge on any atom is 0.276 e. The molecule has 1 aliphatic heterocycles. The summed E-state index contributed by atoms with van der Waals surface area (Å²) in [5.74, 6) is 2.64. The fraction of sp³-hybridized carbons (Fsp3) is 0.333. The number of hydrogen-bond donors (Lipinski definition) is 0. The Hall–Kier alpha value is -3.88. The summed E-state index contributed by atoms with van der Waals surface area (Å²) >= 11 is 0. The molecule has 0 spiro atoms. The van der Waals surface area contributed by atoms with Gasteiger partial charge < -0.3 is 18.9 Å². The molecule has 0 unspecified atom stereocenters. The van der Waals surface area contributed by atoms with E-state index in [1.165, 1.54) is 0 Å². The van der Waals surface area contributed by atoms with E-state index in [-0.39, 0.29) is 11.8 Å². The molecular weight excluding hydrogens is 422 g/mol. The quantitative estimate of drug-likeness (QED) is 0.460. The largest absolute Gasteiger partial charge is 0.493 e. The van der Waals surface area contributed by atoms with E-state index in [1.54, 1.807) is 31.7 Å². The van der Waals surface area contributed by atoms with Crippen LogP contribution in [0.25, 0.3) is 16.8 Å². The van der Waals surface area contributed by atoms with Gasteiger partial charge >= 0.3 is 0 Å². The average molecular weight is 447 g/mol. The van der Waals surface area contributed by atoms with Crippen molar-refractivity contribution in [3.8, 4) is 22.6 Å². The molecule has 1 fully saturated rings. The molecule has 1 aromatic carbocycles. The molecule has 1 aliphatic rings. The van der Waals surface area contributed by atoms with E-state index in [4.69, 9.17) is 24.1 Å². The summed E-state index contributed by atoms with van der Waals surface area (Å²) in [5.41, 5.74) is 2.95. The molecule has 0 aliphatic carbocycles. The van der Waals surface area contributed by atoms with Gasteiger partial charge in [0.05, 0.1) is 14.2 Å². The monoisotopic (exact) mass is 447 g/mol. The highest BCUT2D eigenvalue weighted by Gasteiger charge is 2.29. The highest BCUT2D eigenvalue weighted by Crippen LogP contribution is 2.37.